The topological polar surface area (TPSA) is 37.8 Å². The minimum absolute atomic E-state index is 0.560. The van der Waals surface area contributed by atoms with Crippen molar-refractivity contribution in [2.24, 2.45) is 11.8 Å². The molecule has 0 amide bonds. The van der Waals surface area contributed by atoms with Gasteiger partial charge in [0.1, 0.15) is 16.2 Å². The zero-order valence-corrected chi connectivity index (χ0v) is 13.3. The molecule has 2 saturated carbocycles. The molecule has 104 valence electrons. The third kappa shape index (κ3) is 3.28. The number of nitrogens with one attached hydrogen (secondary N) is 1. The molecule has 1 heterocycles. The SMILES string of the molecule is CC1CCC(Nc2cc(Br)nc(C3CC3)n2)C(C)C1. The zero-order chi connectivity index (χ0) is 13.4. The molecular weight excluding hydrogens is 302 g/mol. The molecule has 0 bridgehead atoms. The monoisotopic (exact) mass is 323 g/mol. The van der Waals surface area contributed by atoms with Gasteiger partial charge in [0, 0.05) is 18.0 Å². The molecule has 3 unspecified atom stereocenters. The molecule has 0 spiro atoms. The van der Waals surface area contributed by atoms with Crippen molar-refractivity contribution >= 4 is 21.7 Å². The Balaban J connectivity index is 1.72. The summed E-state index contributed by atoms with van der Waals surface area (Å²) in [6.07, 6.45) is 6.38. The van der Waals surface area contributed by atoms with Gasteiger partial charge in [0.25, 0.3) is 0 Å². The van der Waals surface area contributed by atoms with Gasteiger partial charge in [0.2, 0.25) is 0 Å². The lowest BCUT2D eigenvalue weighted by atomic mass is 9.80. The minimum atomic E-state index is 0.560. The number of nitrogens with zero attached hydrogens (tertiary/aromatic N) is 2. The number of anilines is 1. The zero-order valence-electron chi connectivity index (χ0n) is 11.7. The van der Waals surface area contributed by atoms with Crippen molar-refractivity contribution in [3.8, 4) is 0 Å². The predicted molar refractivity (Wildman–Crippen MR) is 81.3 cm³/mol. The third-order valence-corrected chi connectivity index (χ3v) is 4.83. The Hall–Kier alpha value is -0.640. The van der Waals surface area contributed by atoms with Crippen LogP contribution in [0.1, 0.15) is 57.7 Å². The molecule has 1 N–H and O–H groups in total. The van der Waals surface area contributed by atoms with E-state index in [1.807, 2.05) is 6.07 Å². The molecule has 3 nitrogen and oxygen atoms in total. The Bertz CT molecular complexity index is 459. The van der Waals surface area contributed by atoms with E-state index in [2.05, 4.69) is 40.1 Å². The average molecular weight is 324 g/mol. The smallest absolute Gasteiger partial charge is 0.135 e. The molecule has 3 rings (SSSR count). The maximum atomic E-state index is 4.69. The Morgan fingerprint density at radius 3 is 2.63 bits per heavy atom. The molecule has 1 aromatic heterocycles. The molecule has 0 saturated heterocycles. The van der Waals surface area contributed by atoms with Crippen molar-refractivity contribution in [2.45, 2.75) is 57.9 Å². The van der Waals surface area contributed by atoms with Crippen LogP contribution in [0, 0.1) is 11.8 Å². The summed E-state index contributed by atoms with van der Waals surface area (Å²) in [6.45, 7) is 4.71. The van der Waals surface area contributed by atoms with Gasteiger partial charge in [-0.05, 0) is 59.9 Å². The van der Waals surface area contributed by atoms with Gasteiger partial charge in [-0.3, -0.25) is 0 Å². The lowest BCUT2D eigenvalue weighted by molar-refractivity contribution is 0.276. The van der Waals surface area contributed by atoms with Crippen molar-refractivity contribution in [3.63, 3.8) is 0 Å². The van der Waals surface area contributed by atoms with E-state index in [1.165, 1.54) is 32.1 Å². The Labute approximate surface area is 123 Å². The van der Waals surface area contributed by atoms with Gasteiger partial charge in [0.05, 0.1) is 0 Å². The van der Waals surface area contributed by atoms with E-state index in [1.54, 1.807) is 0 Å². The molecule has 2 aliphatic carbocycles. The van der Waals surface area contributed by atoms with Crippen LogP contribution in [0.4, 0.5) is 5.82 Å². The van der Waals surface area contributed by atoms with E-state index in [0.29, 0.717) is 12.0 Å². The van der Waals surface area contributed by atoms with Gasteiger partial charge in [-0.2, -0.15) is 0 Å². The van der Waals surface area contributed by atoms with Crippen molar-refractivity contribution in [1.82, 2.24) is 9.97 Å². The Kier molecular flexibility index (Phi) is 3.79. The average Bonchev–Trinajstić information content (AvgIpc) is 3.16. The van der Waals surface area contributed by atoms with E-state index in [9.17, 15) is 0 Å². The van der Waals surface area contributed by atoms with Gasteiger partial charge < -0.3 is 5.32 Å². The third-order valence-electron chi connectivity index (χ3n) is 4.42. The largest absolute Gasteiger partial charge is 0.367 e. The van der Waals surface area contributed by atoms with E-state index in [-0.39, 0.29) is 0 Å². The number of rotatable bonds is 3. The number of halogens is 1. The highest BCUT2D eigenvalue weighted by Gasteiger charge is 2.29. The molecule has 0 aliphatic heterocycles. The quantitative estimate of drug-likeness (QED) is 0.840. The second-order valence-corrected chi connectivity index (χ2v) is 7.17. The molecule has 3 atom stereocenters. The summed E-state index contributed by atoms with van der Waals surface area (Å²) in [4.78, 5) is 9.18. The molecule has 19 heavy (non-hydrogen) atoms. The van der Waals surface area contributed by atoms with E-state index < -0.39 is 0 Å². The Morgan fingerprint density at radius 1 is 1.16 bits per heavy atom. The van der Waals surface area contributed by atoms with Gasteiger partial charge in [-0.15, -0.1) is 0 Å². The highest BCUT2D eigenvalue weighted by Crippen LogP contribution is 2.39. The summed E-state index contributed by atoms with van der Waals surface area (Å²) in [7, 11) is 0. The Morgan fingerprint density at radius 2 is 1.95 bits per heavy atom. The van der Waals surface area contributed by atoms with Crippen LogP contribution in [0.5, 0.6) is 0 Å². The first-order valence-electron chi connectivity index (χ1n) is 7.43. The predicted octanol–water partition coefficient (Wildman–Crippen LogP) is 4.35. The number of hydrogen-bond acceptors (Lipinski definition) is 3. The second kappa shape index (κ2) is 5.39. The maximum Gasteiger partial charge on any atom is 0.135 e. The molecule has 4 heteroatoms. The molecular formula is C15H22BrN3. The lowest BCUT2D eigenvalue weighted by Crippen LogP contribution is -2.33. The van der Waals surface area contributed by atoms with Gasteiger partial charge in [-0.25, -0.2) is 9.97 Å². The first kappa shape index (κ1) is 13.3. The highest BCUT2D eigenvalue weighted by molar-refractivity contribution is 9.10. The standard InChI is InChI=1S/C15H22BrN3/c1-9-3-6-12(10(2)7-9)17-14-8-13(16)18-15(19-14)11-4-5-11/h8-12H,3-7H2,1-2H3,(H,17,18,19). The maximum absolute atomic E-state index is 4.69. The fourth-order valence-electron chi connectivity index (χ4n) is 3.10. The summed E-state index contributed by atoms with van der Waals surface area (Å²) >= 11 is 3.51. The first-order valence-corrected chi connectivity index (χ1v) is 8.22. The van der Waals surface area contributed by atoms with Crippen LogP contribution in [-0.4, -0.2) is 16.0 Å². The minimum Gasteiger partial charge on any atom is -0.367 e. The van der Waals surface area contributed by atoms with Crippen LogP contribution in [0.25, 0.3) is 0 Å². The molecule has 2 fully saturated rings. The number of hydrogen-bond donors (Lipinski definition) is 1. The van der Waals surface area contributed by atoms with Crippen molar-refractivity contribution in [1.29, 1.82) is 0 Å². The molecule has 0 radical (unpaired) electrons. The summed E-state index contributed by atoms with van der Waals surface area (Å²) in [5.74, 6) is 4.19. The molecule has 2 aliphatic rings. The van der Waals surface area contributed by atoms with Crippen molar-refractivity contribution in [3.05, 3.63) is 16.5 Å². The normalized spacial score (nSPS) is 31.2. The molecule has 1 aromatic rings. The fourth-order valence-corrected chi connectivity index (χ4v) is 3.50. The van der Waals surface area contributed by atoms with E-state index >= 15 is 0 Å². The summed E-state index contributed by atoms with van der Waals surface area (Å²) in [6, 6.07) is 2.57. The first-order chi connectivity index (χ1) is 9.11. The van der Waals surface area contributed by atoms with Gasteiger partial charge >= 0.3 is 0 Å². The van der Waals surface area contributed by atoms with Crippen molar-refractivity contribution < 1.29 is 0 Å². The van der Waals surface area contributed by atoms with Gasteiger partial charge in [-0.1, -0.05) is 13.8 Å². The van der Waals surface area contributed by atoms with Crippen LogP contribution in [0.15, 0.2) is 10.7 Å². The second-order valence-electron chi connectivity index (χ2n) is 6.35. The number of aromatic nitrogens is 2. The molecule has 0 aromatic carbocycles. The van der Waals surface area contributed by atoms with Gasteiger partial charge in [0.15, 0.2) is 0 Å². The van der Waals surface area contributed by atoms with Crippen LogP contribution < -0.4 is 5.32 Å². The highest BCUT2D eigenvalue weighted by atomic mass is 79.9. The van der Waals surface area contributed by atoms with Crippen LogP contribution >= 0.6 is 15.9 Å². The van der Waals surface area contributed by atoms with Crippen LogP contribution in [0.2, 0.25) is 0 Å². The van der Waals surface area contributed by atoms with Crippen molar-refractivity contribution in [2.75, 3.05) is 5.32 Å². The summed E-state index contributed by atoms with van der Waals surface area (Å²) in [5.41, 5.74) is 0. The lowest BCUT2D eigenvalue weighted by Gasteiger charge is -2.33. The summed E-state index contributed by atoms with van der Waals surface area (Å²) < 4.78 is 0.906. The van der Waals surface area contributed by atoms with Crippen LogP contribution in [-0.2, 0) is 0 Å². The van der Waals surface area contributed by atoms with Crippen LogP contribution in [0.3, 0.4) is 0 Å². The van der Waals surface area contributed by atoms with E-state index in [4.69, 9.17) is 4.98 Å². The fraction of sp³-hybridized carbons (Fsp3) is 0.733. The summed E-state index contributed by atoms with van der Waals surface area (Å²) in [5, 5.41) is 3.63. The van der Waals surface area contributed by atoms with E-state index in [0.717, 1.165) is 28.1 Å².